The number of hydrogen-bond donors (Lipinski definition) is 4. The van der Waals surface area contributed by atoms with Gasteiger partial charge in [-0.3, -0.25) is 15.3 Å². The summed E-state index contributed by atoms with van der Waals surface area (Å²) < 4.78 is 0. The number of nitrogens with zero attached hydrogens (tertiary/aromatic N) is 3. The summed E-state index contributed by atoms with van der Waals surface area (Å²) in [5.41, 5.74) is 18.4. The molecule has 0 saturated carbocycles. The van der Waals surface area contributed by atoms with Crippen LogP contribution in [0.25, 0.3) is 16.5 Å². The molecule has 0 atom stereocenters. The standard InChI is InChI=1S/C29H39N7/c1-33-18-24(17-30)22-5-6-26(31)25(15-22)29(32)28-16-23-14-21(4-7-27(23)34-28)19-36-12-9-20(10-13-36)8-11-35(2)3/h4-7,14-18,20,32,34H,8-13,19,30-31H2,1-3H3. The molecule has 190 valence electrons. The normalized spacial score (nSPS) is 15.9. The van der Waals surface area contributed by atoms with Crippen molar-refractivity contribution in [1.82, 2.24) is 14.8 Å². The Balaban J connectivity index is 1.47. The van der Waals surface area contributed by atoms with Crippen LogP contribution >= 0.6 is 0 Å². The fourth-order valence-corrected chi connectivity index (χ4v) is 5.00. The third-order valence-electron chi connectivity index (χ3n) is 7.16. The Kier molecular flexibility index (Phi) is 8.23. The monoisotopic (exact) mass is 485 g/mol. The van der Waals surface area contributed by atoms with Gasteiger partial charge in [0.15, 0.2) is 0 Å². The number of piperidine rings is 1. The van der Waals surface area contributed by atoms with Gasteiger partial charge in [-0.2, -0.15) is 0 Å². The van der Waals surface area contributed by atoms with Gasteiger partial charge in [-0.1, -0.05) is 12.1 Å². The minimum atomic E-state index is 0.358. The summed E-state index contributed by atoms with van der Waals surface area (Å²) in [6.07, 6.45) is 7.09. The molecule has 2 heterocycles. The molecule has 4 rings (SSSR count). The molecular weight excluding hydrogens is 446 g/mol. The fourth-order valence-electron chi connectivity index (χ4n) is 5.00. The molecule has 0 aliphatic carbocycles. The summed E-state index contributed by atoms with van der Waals surface area (Å²) in [6, 6.07) is 14.2. The fraction of sp³-hybridized carbons (Fsp3) is 0.379. The molecule has 0 spiro atoms. The van der Waals surface area contributed by atoms with Crippen molar-refractivity contribution in [3.05, 3.63) is 71.0 Å². The highest BCUT2D eigenvalue weighted by atomic mass is 15.1. The zero-order valence-corrected chi connectivity index (χ0v) is 21.7. The van der Waals surface area contributed by atoms with Crippen molar-refractivity contribution < 1.29 is 0 Å². The Labute approximate surface area is 214 Å². The molecule has 2 aromatic carbocycles. The first-order chi connectivity index (χ1) is 17.4. The molecule has 0 unspecified atom stereocenters. The smallest absolute Gasteiger partial charge is 0.0868 e. The highest BCUT2D eigenvalue weighted by Gasteiger charge is 2.19. The van der Waals surface area contributed by atoms with E-state index in [9.17, 15) is 0 Å². The molecule has 0 bridgehead atoms. The van der Waals surface area contributed by atoms with E-state index >= 15 is 0 Å². The molecular formula is C29H39N7. The van der Waals surface area contributed by atoms with E-state index in [4.69, 9.17) is 16.9 Å². The quantitative estimate of drug-likeness (QED) is 0.267. The number of hydrogen-bond acceptors (Lipinski definition) is 6. The van der Waals surface area contributed by atoms with E-state index in [2.05, 4.69) is 52.1 Å². The lowest BCUT2D eigenvalue weighted by Crippen LogP contribution is -2.34. The number of fused-ring (bicyclic) bond motifs is 1. The highest BCUT2D eigenvalue weighted by Crippen LogP contribution is 2.26. The summed E-state index contributed by atoms with van der Waals surface area (Å²) in [5, 5.41) is 9.99. The minimum Gasteiger partial charge on any atom is -0.404 e. The van der Waals surface area contributed by atoms with Crippen LogP contribution in [0, 0.1) is 11.3 Å². The van der Waals surface area contributed by atoms with Crippen LogP contribution in [0.3, 0.4) is 0 Å². The van der Waals surface area contributed by atoms with Crippen LogP contribution in [-0.2, 0) is 6.54 Å². The first-order valence-electron chi connectivity index (χ1n) is 12.7. The zero-order chi connectivity index (χ0) is 25.7. The van der Waals surface area contributed by atoms with Gasteiger partial charge in [0.25, 0.3) is 0 Å². The van der Waals surface area contributed by atoms with E-state index in [1.165, 1.54) is 37.6 Å². The Morgan fingerprint density at radius 2 is 1.94 bits per heavy atom. The summed E-state index contributed by atoms with van der Waals surface area (Å²) in [4.78, 5) is 12.3. The van der Waals surface area contributed by atoms with Gasteiger partial charge < -0.3 is 21.4 Å². The number of aromatic amines is 1. The molecule has 0 radical (unpaired) electrons. The third kappa shape index (κ3) is 6.04. The number of nitrogens with two attached hydrogens (primary N) is 2. The van der Waals surface area contributed by atoms with Crippen LogP contribution in [0.15, 0.2) is 53.7 Å². The molecule has 7 heteroatoms. The van der Waals surface area contributed by atoms with Gasteiger partial charge in [0, 0.05) is 53.7 Å². The van der Waals surface area contributed by atoms with Crippen molar-refractivity contribution in [2.24, 2.45) is 16.6 Å². The third-order valence-corrected chi connectivity index (χ3v) is 7.16. The second-order valence-electron chi connectivity index (χ2n) is 10.1. The summed E-state index contributed by atoms with van der Waals surface area (Å²) in [5.74, 6) is 0.848. The zero-order valence-electron chi connectivity index (χ0n) is 21.7. The van der Waals surface area contributed by atoms with Crippen LogP contribution in [0.5, 0.6) is 0 Å². The molecule has 1 aliphatic rings. The maximum atomic E-state index is 8.87. The van der Waals surface area contributed by atoms with E-state index < -0.39 is 0 Å². The molecule has 36 heavy (non-hydrogen) atoms. The van der Waals surface area contributed by atoms with Gasteiger partial charge in [-0.05, 0) is 100 Å². The average molecular weight is 486 g/mol. The van der Waals surface area contributed by atoms with Gasteiger partial charge in [0.05, 0.1) is 11.4 Å². The first kappa shape index (κ1) is 25.7. The second-order valence-corrected chi connectivity index (χ2v) is 10.1. The second kappa shape index (κ2) is 11.5. The highest BCUT2D eigenvalue weighted by molar-refractivity contribution is 6.16. The predicted octanol–water partition coefficient (Wildman–Crippen LogP) is 4.33. The van der Waals surface area contributed by atoms with E-state index in [0.717, 1.165) is 53.3 Å². The van der Waals surface area contributed by atoms with Crippen molar-refractivity contribution >= 4 is 34.1 Å². The van der Waals surface area contributed by atoms with Crippen LogP contribution in [-0.4, -0.2) is 67.5 Å². The van der Waals surface area contributed by atoms with Crippen LogP contribution in [0.1, 0.15) is 41.6 Å². The van der Waals surface area contributed by atoms with E-state index in [0.29, 0.717) is 17.0 Å². The van der Waals surface area contributed by atoms with Gasteiger partial charge >= 0.3 is 0 Å². The number of likely N-dealkylation sites (tertiary alicyclic amines) is 1. The number of nitrogens with one attached hydrogen (secondary N) is 2. The van der Waals surface area contributed by atoms with E-state index in [-0.39, 0.29) is 0 Å². The number of allylic oxidation sites excluding steroid dienone is 1. The Bertz CT molecular complexity index is 1260. The first-order valence-corrected chi connectivity index (χ1v) is 12.7. The van der Waals surface area contributed by atoms with Crippen LogP contribution in [0.2, 0.25) is 0 Å². The van der Waals surface area contributed by atoms with Gasteiger partial charge in [0.2, 0.25) is 0 Å². The maximum absolute atomic E-state index is 8.87. The van der Waals surface area contributed by atoms with Crippen LogP contribution in [0.4, 0.5) is 5.69 Å². The van der Waals surface area contributed by atoms with Crippen molar-refractivity contribution in [1.29, 1.82) is 5.41 Å². The topological polar surface area (TPSA) is 111 Å². The lowest BCUT2D eigenvalue weighted by molar-refractivity contribution is 0.166. The Morgan fingerprint density at radius 3 is 2.64 bits per heavy atom. The van der Waals surface area contributed by atoms with E-state index in [1.54, 1.807) is 13.3 Å². The number of benzene rings is 2. The number of aromatic nitrogens is 1. The van der Waals surface area contributed by atoms with Crippen molar-refractivity contribution in [3.63, 3.8) is 0 Å². The molecule has 6 N–H and O–H groups in total. The van der Waals surface area contributed by atoms with Crippen molar-refractivity contribution in [3.8, 4) is 0 Å². The molecule has 1 aromatic heterocycles. The SMILES string of the molecule is CN=CC(=CN)c1ccc(N)c(C(=N)c2cc3cc(CN4CCC(CCN(C)C)CC4)ccc3[nH]2)c1. The largest absolute Gasteiger partial charge is 0.404 e. The molecule has 1 aliphatic heterocycles. The Morgan fingerprint density at radius 1 is 1.17 bits per heavy atom. The van der Waals surface area contributed by atoms with Gasteiger partial charge in [-0.15, -0.1) is 0 Å². The minimum absolute atomic E-state index is 0.358. The summed E-state index contributed by atoms with van der Waals surface area (Å²) in [7, 11) is 6.02. The molecule has 1 fully saturated rings. The van der Waals surface area contributed by atoms with E-state index in [1.807, 2.05) is 24.3 Å². The number of nitrogen functional groups attached to an aromatic ring is 1. The molecule has 0 amide bonds. The summed E-state index contributed by atoms with van der Waals surface area (Å²) in [6.45, 7) is 4.48. The molecule has 1 saturated heterocycles. The van der Waals surface area contributed by atoms with Gasteiger partial charge in [0.1, 0.15) is 0 Å². The van der Waals surface area contributed by atoms with Crippen molar-refractivity contribution in [2.45, 2.75) is 25.8 Å². The number of anilines is 1. The van der Waals surface area contributed by atoms with Crippen LogP contribution < -0.4 is 11.5 Å². The van der Waals surface area contributed by atoms with Gasteiger partial charge in [-0.25, -0.2) is 0 Å². The lowest BCUT2D eigenvalue weighted by Gasteiger charge is -2.32. The average Bonchev–Trinajstić information content (AvgIpc) is 3.30. The maximum Gasteiger partial charge on any atom is 0.0868 e. The molecule has 3 aromatic rings. The number of rotatable bonds is 9. The summed E-state index contributed by atoms with van der Waals surface area (Å²) >= 11 is 0. The predicted molar refractivity (Wildman–Crippen MR) is 153 cm³/mol. The van der Waals surface area contributed by atoms with Crippen molar-refractivity contribution in [2.75, 3.05) is 46.5 Å². The number of H-pyrrole nitrogens is 1. The number of aliphatic imine (C=N–C) groups is 1. The Hall–Kier alpha value is -3.42. The molecule has 7 nitrogen and oxygen atoms in total. The lowest BCUT2D eigenvalue weighted by atomic mass is 9.93.